The van der Waals surface area contributed by atoms with E-state index in [1.54, 1.807) is 0 Å². The number of carbonyl (C=O) groups excluding carboxylic acids is 3. The second-order valence-corrected chi connectivity index (χ2v) is 21.3. The van der Waals surface area contributed by atoms with E-state index in [1.165, 1.54) is 116 Å². The molecule has 6 heteroatoms. The van der Waals surface area contributed by atoms with Gasteiger partial charge in [-0.3, -0.25) is 14.4 Å². The van der Waals surface area contributed by atoms with E-state index in [2.05, 4.69) is 167 Å². The van der Waals surface area contributed by atoms with Crippen LogP contribution in [0.5, 0.6) is 0 Å². The summed E-state index contributed by atoms with van der Waals surface area (Å²) in [4.78, 5) is 38.2. The number of esters is 3. The number of allylic oxidation sites excluding steroid dienone is 24. The molecule has 0 aromatic rings. The Bertz CT molecular complexity index is 1750. The minimum Gasteiger partial charge on any atom is -0.462 e. The molecule has 0 fully saturated rings. The van der Waals surface area contributed by atoms with Crippen LogP contribution in [0.4, 0.5) is 0 Å². The lowest BCUT2D eigenvalue weighted by Crippen LogP contribution is -2.30. The molecule has 0 saturated heterocycles. The molecule has 0 spiro atoms. The predicted molar refractivity (Wildman–Crippen MR) is 348 cm³/mol. The van der Waals surface area contributed by atoms with Gasteiger partial charge in [-0.15, -0.1) is 0 Å². The third kappa shape index (κ3) is 64.1. The Kier molecular flexibility index (Phi) is 62.9. The van der Waals surface area contributed by atoms with Crippen molar-refractivity contribution in [2.75, 3.05) is 13.2 Å². The fraction of sp³-hybridized carbons (Fsp3) is 0.635. The van der Waals surface area contributed by atoms with Crippen LogP contribution in [-0.2, 0) is 28.6 Å². The SMILES string of the molecule is CC/C=C\C/C=C\C/C=C\C/C=C\C/C=C\C/C=C\C/C=C\C/C=C\C/C=C\C/C=C\CCCCC(=O)OCC(COC(=O)CCCCCCCCCCCC)OC(=O)CCCCCCCCCCC/C=C\C/C=C\CCCCC. The van der Waals surface area contributed by atoms with Gasteiger partial charge in [-0.05, 0) is 128 Å². The quantitative estimate of drug-likeness (QED) is 0.0261. The minimum atomic E-state index is -0.802. The Labute approximate surface area is 493 Å². The topological polar surface area (TPSA) is 78.9 Å². The number of rotatable bonds is 58. The summed E-state index contributed by atoms with van der Waals surface area (Å²) in [6, 6.07) is 0. The minimum absolute atomic E-state index is 0.0956. The van der Waals surface area contributed by atoms with Crippen molar-refractivity contribution in [3.05, 3.63) is 146 Å². The maximum atomic E-state index is 12.9. The highest BCUT2D eigenvalue weighted by molar-refractivity contribution is 5.71. The second-order valence-electron chi connectivity index (χ2n) is 21.3. The van der Waals surface area contributed by atoms with Crippen LogP contribution in [0.15, 0.2) is 146 Å². The number of unbranched alkanes of at least 4 members (excludes halogenated alkanes) is 23. The Morgan fingerprint density at radius 1 is 0.263 bits per heavy atom. The normalized spacial score (nSPS) is 13.1. The summed E-state index contributed by atoms with van der Waals surface area (Å²) in [5.41, 5.74) is 0. The lowest BCUT2D eigenvalue weighted by molar-refractivity contribution is -0.167. The van der Waals surface area contributed by atoms with Crippen LogP contribution < -0.4 is 0 Å². The average molecular weight is 1110 g/mol. The highest BCUT2D eigenvalue weighted by Gasteiger charge is 2.19. The number of carbonyl (C=O) groups is 3. The van der Waals surface area contributed by atoms with Crippen molar-refractivity contribution in [3.63, 3.8) is 0 Å². The predicted octanol–water partition coefficient (Wildman–Crippen LogP) is 22.7. The molecule has 0 aromatic carbocycles. The van der Waals surface area contributed by atoms with Gasteiger partial charge in [0.15, 0.2) is 6.10 Å². The van der Waals surface area contributed by atoms with Crippen LogP contribution in [0.1, 0.15) is 284 Å². The van der Waals surface area contributed by atoms with E-state index < -0.39 is 6.10 Å². The van der Waals surface area contributed by atoms with Gasteiger partial charge in [0.1, 0.15) is 13.2 Å². The molecule has 0 bridgehead atoms. The molecule has 0 radical (unpaired) electrons. The lowest BCUT2D eigenvalue weighted by Gasteiger charge is -2.18. The zero-order valence-corrected chi connectivity index (χ0v) is 51.8. The molecule has 80 heavy (non-hydrogen) atoms. The number of hydrogen-bond donors (Lipinski definition) is 0. The first kappa shape index (κ1) is 75.3. The highest BCUT2D eigenvalue weighted by atomic mass is 16.6. The zero-order valence-electron chi connectivity index (χ0n) is 51.8. The zero-order chi connectivity index (χ0) is 57.8. The van der Waals surface area contributed by atoms with E-state index in [4.69, 9.17) is 14.2 Å². The van der Waals surface area contributed by atoms with E-state index in [9.17, 15) is 14.4 Å². The van der Waals surface area contributed by atoms with Crippen LogP contribution >= 0.6 is 0 Å². The van der Waals surface area contributed by atoms with Crippen LogP contribution in [0.25, 0.3) is 0 Å². The summed E-state index contributed by atoms with van der Waals surface area (Å²) < 4.78 is 16.8. The molecule has 0 aliphatic rings. The van der Waals surface area contributed by atoms with Crippen LogP contribution in [0.3, 0.4) is 0 Å². The van der Waals surface area contributed by atoms with E-state index in [-0.39, 0.29) is 31.1 Å². The van der Waals surface area contributed by atoms with Gasteiger partial charge < -0.3 is 14.2 Å². The first-order chi connectivity index (χ1) is 39.5. The van der Waals surface area contributed by atoms with Gasteiger partial charge in [-0.1, -0.05) is 282 Å². The Morgan fingerprint density at radius 3 is 0.812 bits per heavy atom. The van der Waals surface area contributed by atoms with Gasteiger partial charge in [-0.2, -0.15) is 0 Å². The molecular formula is C74H120O6. The van der Waals surface area contributed by atoms with E-state index in [0.717, 1.165) is 122 Å². The molecule has 0 aromatic heterocycles. The van der Waals surface area contributed by atoms with Gasteiger partial charge in [0.25, 0.3) is 0 Å². The van der Waals surface area contributed by atoms with Gasteiger partial charge in [0.05, 0.1) is 0 Å². The molecule has 0 heterocycles. The lowest BCUT2D eigenvalue weighted by atomic mass is 10.1. The molecule has 0 aliphatic carbocycles. The first-order valence-corrected chi connectivity index (χ1v) is 32.8. The smallest absolute Gasteiger partial charge is 0.306 e. The van der Waals surface area contributed by atoms with Crippen LogP contribution in [0, 0.1) is 0 Å². The van der Waals surface area contributed by atoms with Gasteiger partial charge >= 0.3 is 17.9 Å². The molecule has 6 nitrogen and oxygen atoms in total. The van der Waals surface area contributed by atoms with Crippen molar-refractivity contribution in [3.8, 4) is 0 Å². The number of ether oxygens (including phenoxy) is 3. The highest BCUT2D eigenvalue weighted by Crippen LogP contribution is 2.15. The molecule has 1 atom stereocenters. The molecule has 0 aliphatic heterocycles. The van der Waals surface area contributed by atoms with Crippen molar-refractivity contribution in [2.45, 2.75) is 290 Å². The maximum Gasteiger partial charge on any atom is 0.306 e. The van der Waals surface area contributed by atoms with Gasteiger partial charge in [0.2, 0.25) is 0 Å². The molecule has 452 valence electrons. The molecule has 0 N–H and O–H groups in total. The van der Waals surface area contributed by atoms with Crippen molar-refractivity contribution in [1.82, 2.24) is 0 Å². The standard InChI is InChI=1S/C74H120O6/c1-4-7-10-13-16-19-22-24-26-28-30-31-32-33-34-35-36-37-38-39-40-41-42-43-45-46-48-50-52-55-58-61-64-67-73(76)79-70-71(69-78-72(75)66-63-60-57-54-21-18-15-12-9-6-3)80-74(77)68-65-62-59-56-53-51-49-47-44-29-27-25-23-20-17-14-11-8-5-2/h7,10,16-17,19-20,24-27,30-31,33-34,36-37,39-40,42-43,46,48,52,55,71H,4-6,8-9,11-15,18,21-23,28-29,32,35,38,41,44-45,47,49-51,53-54,56-70H2,1-3H3/b10-7-,19-16-,20-17-,26-24-,27-25-,31-30-,34-33-,37-36-,40-39-,43-42-,48-46-,55-52-. The van der Waals surface area contributed by atoms with Crippen molar-refractivity contribution >= 4 is 17.9 Å². The van der Waals surface area contributed by atoms with E-state index in [0.29, 0.717) is 25.7 Å². The summed E-state index contributed by atoms with van der Waals surface area (Å²) in [6.07, 6.45) is 95.8. The third-order valence-corrected chi connectivity index (χ3v) is 13.6. The molecule has 0 saturated carbocycles. The largest absolute Gasteiger partial charge is 0.462 e. The Balaban J connectivity index is 4.34. The third-order valence-electron chi connectivity index (χ3n) is 13.6. The van der Waals surface area contributed by atoms with Crippen LogP contribution in [-0.4, -0.2) is 37.2 Å². The van der Waals surface area contributed by atoms with Crippen molar-refractivity contribution in [1.29, 1.82) is 0 Å². The summed E-state index contributed by atoms with van der Waals surface area (Å²) in [5, 5.41) is 0. The van der Waals surface area contributed by atoms with Crippen molar-refractivity contribution in [2.24, 2.45) is 0 Å². The Morgan fingerprint density at radius 2 is 0.487 bits per heavy atom. The fourth-order valence-corrected chi connectivity index (χ4v) is 8.68. The summed E-state index contributed by atoms with van der Waals surface area (Å²) >= 11 is 0. The maximum absolute atomic E-state index is 12.9. The fourth-order valence-electron chi connectivity index (χ4n) is 8.68. The summed E-state index contributed by atoms with van der Waals surface area (Å²) in [6.45, 7) is 6.45. The average Bonchev–Trinajstić information content (AvgIpc) is 3.46. The van der Waals surface area contributed by atoms with Gasteiger partial charge in [0, 0.05) is 19.3 Å². The van der Waals surface area contributed by atoms with E-state index in [1.807, 2.05) is 0 Å². The van der Waals surface area contributed by atoms with Crippen molar-refractivity contribution < 1.29 is 28.6 Å². The molecular weight excluding hydrogens is 985 g/mol. The van der Waals surface area contributed by atoms with E-state index >= 15 is 0 Å². The van der Waals surface area contributed by atoms with Gasteiger partial charge in [-0.25, -0.2) is 0 Å². The van der Waals surface area contributed by atoms with Crippen LogP contribution in [0.2, 0.25) is 0 Å². The first-order valence-electron chi connectivity index (χ1n) is 32.8. The summed E-state index contributed by atoms with van der Waals surface area (Å²) in [5.74, 6) is -0.946. The molecule has 0 amide bonds. The summed E-state index contributed by atoms with van der Waals surface area (Å²) in [7, 11) is 0. The Hall–Kier alpha value is -4.71. The molecule has 1 unspecified atom stereocenters. The number of hydrogen-bond acceptors (Lipinski definition) is 6. The second kappa shape index (κ2) is 66.8. The molecule has 0 rings (SSSR count). The monoisotopic (exact) mass is 1100 g/mol.